The van der Waals surface area contributed by atoms with Crippen LogP contribution < -0.4 is 10.0 Å². The second-order valence-electron chi connectivity index (χ2n) is 9.89. The standard InChI is InChI=1S/C28H29F4N3O4S2/c1-41(38,39)35-23-13-9-18(15-22(23)29)25(17-7-11-20(36)12-8-17)26(37)33-16-19-10-14-24(28(30,31)32)34-27(19)40-21-5-3-2-4-6-21/h7-15,21,25,35-36H,2-6,16H2,1H3,(H,33,37). The molecule has 1 heterocycles. The minimum Gasteiger partial charge on any atom is -0.508 e. The molecule has 3 aromatic rings. The zero-order valence-electron chi connectivity index (χ0n) is 22.0. The molecule has 3 N–H and O–H groups in total. The SMILES string of the molecule is CS(=O)(=O)Nc1ccc(C(C(=O)NCc2ccc(C(F)(F)F)nc2SC2CCCCC2)c2ccc(O)cc2)cc1F. The molecular formula is C28H29F4N3O4S2. The monoisotopic (exact) mass is 611 g/mol. The average Bonchev–Trinajstić information content (AvgIpc) is 2.90. The number of carbonyl (C=O) groups excluding carboxylic acids is 1. The third-order valence-electron chi connectivity index (χ3n) is 6.62. The summed E-state index contributed by atoms with van der Waals surface area (Å²) in [5, 5.41) is 12.8. The molecule has 1 atom stereocenters. The van der Waals surface area contributed by atoms with Gasteiger partial charge in [-0.25, -0.2) is 17.8 Å². The highest BCUT2D eigenvalue weighted by Crippen LogP contribution is 2.37. The first kappa shape index (κ1) is 30.6. The van der Waals surface area contributed by atoms with Crippen LogP contribution >= 0.6 is 11.8 Å². The third kappa shape index (κ3) is 8.35. The van der Waals surface area contributed by atoms with Crippen LogP contribution in [0.3, 0.4) is 0 Å². The highest BCUT2D eigenvalue weighted by Gasteiger charge is 2.33. The molecule has 1 aromatic heterocycles. The number of alkyl halides is 3. The number of pyridine rings is 1. The summed E-state index contributed by atoms with van der Waals surface area (Å²) in [4.78, 5) is 17.4. The molecule has 4 rings (SSSR count). The van der Waals surface area contributed by atoms with Crippen molar-refractivity contribution in [2.75, 3.05) is 11.0 Å². The van der Waals surface area contributed by atoms with Crippen molar-refractivity contribution in [1.82, 2.24) is 10.3 Å². The van der Waals surface area contributed by atoms with Gasteiger partial charge in [-0.05, 0) is 54.3 Å². The first-order chi connectivity index (χ1) is 19.3. The Morgan fingerprint density at radius 3 is 2.32 bits per heavy atom. The van der Waals surface area contributed by atoms with Crippen LogP contribution in [0.15, 0.2) is 59.6 Å². The first-order valence-electron chi connectivity index (χ1n) is 12.9. The summed E-state index contributed by atoms with van der Waals surface area (Å²) in [5.41, 5.74) is -0.268. The van der Waals surface area contributed by atoms with Gasteiger partial charge in [0, 0.05) is 17.4 Å². The largest absolute Gasteiger partial charge is 0.508 e. The second kappa shape index (κ2) is 12.7. The van der Waals surface area contributed by atoms with Crippen molar-refractivity contribution in [3.05, 3.63) is 82.8 Å². The zero-order chi connectivity index (χ0) is 29.8. The Morgan fingerprint density at radius 1 is 1.05 bits per heavy atom. The molecule has 0 spiro atoms. The van der Waals surface area contributed by atoms with E-state index in [4.69, 9.17) is 0 Å². The molecule has 1 unspecified atom stereocenters. The number of anilines is 1. The van der Waals surface area contributed by atoms with Crippen LogP contribution in [0.4, 0.5) is 23.2 Å². The molecule has 7 nitrogen and oxygen atoms in total. The fourth-order valence-corrected chi connectivity index (χ4v) is 6.54. The Labute approximate surface area is 239 Å². The van der Waals surface area contributed by atoms with Gasteiger partial charge in [0.2, 0.25) is 15.9 Å². The Balaban J connectivity index is 1.62. The lowest BCUT2D eigenvalue weighted by molar-refractivity contribution is -0.141. The van der Waals surface area contributed by atoms with Gasteiger partial charge >= 0.3 is 6.18 Å². The van der Waals surface area contributed by atoms with Gasteiger partial charge in [0.15, 0.2) is 0 Å². The smallest absolute Gasteiger partial charge is 0.433 e. The van der Waals surface area contributed by atoms with E-state index >= 15 is 0 Å². The molecular weight excluding hydrogens is 582 g/mol. The molecule has 1 aliphatic rings. The van der Waals surface area contributed by atoms with E-state index < -0.39 is 39.5 Å². The summed E-state index contributed by atoms with van der Waals surface area (Å²) >= 11 is 1.29. The fraction of sp³-hybridized carbons (Fsp3) is 0.357. The minimum absolute atomic E-state index is 0.0491. The number of hydrogen-bond donors (Lipinski definition) is 3. The number of phenols is 1. The highest BCUT2D eigenvalue weighted by molar-refractivity contribution is 7.99. The van der Waals surface area contributed by atoms with Crippen LogP contribution in [0.2, 0.25) is 0 Å². The molecule has 1 aliphatic carbocycles. The Hall–Kier alpha value is -3.32. The topological polar surface area (TPSA) is 108 Å². The maximum atomic E-state index is 14.8. The number of sulfonamides is 1. The number of hydrogen-bond acceptors (Lipinski definition) is 6. The number of nitrogens with zero attached hydrogens (tertiary/aromatic N) is 1. The van der Waals surface area contributed by atoms with Crippen LogP contribution in [-0.2, 0) is 27.5 Å². The fourth-order valence-electron chi connectivity index (χ4n) is 4.64. The third-order valence-corrected chi connectivity index (χ3v) is 8.60. The zero-order valence-corrected chi connectivity index (χ0v) is 23.7. The van der Waals surface area contributed by atoms with E-state index in [9.17, 15) is 35.9 Å². The number of carbonyl (C=O) groups is 1. The minimum atomic E-state index is -4.62. The van der Waals surface area contributed by atoms with E-state index in [0.717, 1.165) is 50.5 Å². The summed E-state index contributed by atoms with van der Waals surface area (Å²) in [6.07, 6.45) is 1.07. The quantitative estimate of drug-likeness (QED) is 0.249. The lowest BCUT2D eigenvalue weighted by Gasteiger charge is -2.23. The number of nitrogens with one attached hydrogen (secondary N) is 2. The van der Waals surface area contributed by atoms with Gasteiger partial charge in [0.05, 0.1) is 17.9 Å². The van der Waals surface area contributed by atoms with Crippen molar-refractivity contribution in [3.63, 3.8) is 0 Å². The Kier molecular flexibility index (Phi) is 9.48. The summed E-state index contributed by atoms with van der Waals surface area (Å²) < 4.78 is 80.3. The number of thioether (sulfide) groups is 1. The van der Waals surface area contributed by atoms with E-state index in [1.165, 1.54) is 54.2 Å². The normalized spacial score (nSPS) is 15.3. The van der Waals surface area contributed by atoms with Gasteiger partial charge in [0.1, 0.15) is 22.3 Å². The van der Waals surface area contributed by atoms with Crippen molar-refractivity contribution in [2.45, 2.75) is 61.0 Å². The number of rotatable bonds is 9. The summed E-state index contributed by atoms with van der Waals surface area (Å²) in [6.45, 7) is -0.121. The van der Waals surface area contributed by atoms with E-state index in [-0.39, 0.29) is 33.8 Å². The molecule has 220 valence electrons. The maximum Gasteiger partial charge on any atom is 0.433 e. The molecule has 0 saturated heterocycles. The number of halogens is 4. The van der Waals surface area contributed by atoms with Gasteiger partial charge in [0.25, 0.3) is 0 Å². The molecule has 1 amide bonds. The summed E-state index contributed by atoms with van der Waals surface area (Å²) in [5.74, 6) is -2.60. The molecule has 13 heteroatoms. The van der Waals surface area contributed by atoms with Crippen molar-refractivity contribution < 1.29 is 35.9 Å². The van der Waals surface area contributed by atoms with E-state index in [0.29, 0.717) is 11.1 Å². The summed E-state index contributed by atoms with van der Waals surface area (Å²) in [6, 6.07) is 11.5. The Bertz CT molecular complexity index is 1490. The molecule has 0 radical (unpaired) electrons. The first-order valence-corrected chi connectivity index (χ1v) is 15.6. The van der Waals surface area contributed by atoms with Gasteiger partial charge in [-0.1, -0.05) is 43.5 Å². The predicted octanol–water partition coefficient (Wildman–Crippen LogP) is 6.19. The Morgan fingerprint density at radius 2 is 1.71 bits per heavy atom. The van der Waals surface area contributed by atoms with E-state index in [1.54, 1.807) is 0 Å². The average molecular weight is 612 g/mol. The number of amides is 1. The van der Waals surface area contributed by atoms with Crippen LogP contribution in [-0.4, -0.2) is 35.9 Å². The van der Waals surface area contributed by atoms with E-state index in [1.807, 2.05) is 0 Å². The van der Waals surface area contributed by atoms with E-state index in [2.05, 4.69) is 15.0 Å². The predicted molar refractivity (Wildman–Crippen MR) is 149 cm³/mol. The molecule has 0 aliphatic heterocycles. The molecule has 1 saturated carbocycles. The van der Waals surface area contributed by atoms with Crippen LogP contribution in [0, 0.1) is 5.82 Å². The highest BCUT2D eigenvalue weighted by atomic mass is 32.2. The molecule has 1 fully saturated rings. The van der Waals surface area contributed by atoms with Crippen molar-refractivity contribution >= 4 is 33.4 Å². The van der Waals surface area contributed by atoms with Gasteiger partial charge in [-0.2, -0.15) is 13.2 Å². The molecule has 0 bridgehead atoms. The van der Waals surface area contributed by atoms with Crippen molar-refractivity contribution in [2.24, 2.45) is 0 Å². The molecule has 41 heavy (non-hydrogen) atoms. The molecule has 2 aromatic carbocycles. The van der Waals surface area contributed by atoms with Crippen molar-refractivity contribution in [1.29, 1.82) is 0 Å². The van der Waals surface area contributed by atoms with Crippen LogP contribution in [0.25, 0.3) is 0 Å². The number of aromatic nitrogens is 1. The number of aromatic hydroxyl groups is 1. The second-order valence-corrected chi connectivity index (χ2v) is 12.9. The van der Waals surface area contributed by atoms with Crippen LogP contribution in [0.1, 0.15) is 60.4 Å². The lowest BCUT2D eigenvalue weighted by atomic mass is 9.90. The van der Waals surface area contributed by atoms with Gasteiger partial charge in [-0.3, -0.25) is 9.52 Å². The number of phenolic OH excluding ortho intramolecular Hbond substituents is 1. The lowest BCUT2D eigenvalue weighted by Crippen LogP contribution is -2.30. The summed E-state index contributed by atoms with van der Waals surface area (Å²) in [7, 11) is -3.75. The van der Waals surface area contributed by atoms with Crippen LogP contribution in [0.5, 0.6) is 5.75 Å². The number of benzene rings is 2. The van der Waals surface area contributed by atoms with Gasteiger partial charge in [-0.15, -0.1) is 11.8 Å². The van der Waals surface area contributed by atoms with Gasteiger partial charge < -0.3 is 10.4 Å². The van der Waals surface area contributed by atoms with Crippen molar-refractivity contribution in [3.8, 4) is 5.75 Å². The maximum absolute atomic E-state index is 14.8.